The molecule has 2 aromatic rings. The van der Waals surface area contributed by atoms with Crippen molar-refractivity contribution < 1.29 is 4.79 Å². The standard InChI is InChI=1S/C16H18ClN3O/c17-13-7-15-6-12(2-4-20(15)9-13)16(21)18-14-5-11-1-3-19(8-11)10-14/h2,4,6-7,9,11,14H,1,3,5,8,10H2,(H,18,21). The number of hydrogen-bond acceptors (Lipinski definition) is 2. The van der Waals surface area contributed by atoms with Crippen LogP contribution < -0.4 is 5.32 Å². The van der Waals surface area contributed by atoms with Gasteiger partial charge in [0.1, 0.15) is 0 Å². The van der Waals surface area contributed by atoms with Crippen LogP contribution in [0.4, 0.5) is 0 Å². The number of nitrogens with zero attached hydrogens (tertiary/aromatic N) is 2. The molecule has 1 amide bonds. The van der Waals surface area contributed by atoms with Crippen LogP contribution in [0.3, 0.4) is 0 Å². The van der Waals surface area contributed by atoms with Gasteiger partial charge in [0.05, 0.1) is 5.02 Å². The molecule has 2 aromatic heterocycles. The molecular weight excluding hydrogens is 286 g/mol. The Hall–Kier alpha value is -1.52. The lowest BCUT2D eigenvalue weighted by atomic mass is 9.96. The summed E-state index contributed by atoms with van der Waals surface area (Å²) < 4.78 is 1.92. The van der Waals surface area contributed by atoms with Crippen molar-refractivity contribution in [2.75, 3.05) is 19.6 Å². The van der Waals surface area contributed by atoms with Crippen molar-refractivity contribution in [3.05, 3.63) is 41.2 Å². The van der Waals surface area contributed by atoms with Gasteiger partial charge >= 0.3 is 0 Å². The predicted molar refractivity (Wildman–Crippen MR) is 82.8 cm³/mol. The van der Waals surface area contributed by atoms with Crippen molar-refractivity contribution in [1.29, 1.82) is 0 Å². The molecule has 4 heterocycles. The Balaban J connectivity index is 1.50. The van der Waals surface area contributed by atoms with E-state index in [0.717, 1.165) is 24.4 Å². The van der Waals surface area contributed by atoms with Crippen molar-refractivity contribution in [2.24, 2.45) is 5.92 Å². The molecule has 3 unspecified atom stereocenters. The highest BCUT2D eigenvalue weighted by molar-refractivity contribution is 6.31. The van der Waals surface area contributed by atoms with E-state index in [1.165, 1.54) is 19.5 Å². The SMILES string of the molecule is O=C(NC1CC2CCN(C2)C1)c1ccn2cc(Cl)cc2c1. The summed E-state index contributed by atoms with van der Waals surface area (Å²) in [5.41, 5.74) is 1.64. The zero-order chi connectivity index (χ0) is 14.4. The second-order valence-electron chi connectivity index (χ2n) is 6.23. The number of carbonyl (C=O) groups excluding carboxylic acids is 1. The second kappa shape index (κ2) is 5.04. The zero-order valence-electron chi connectivity index (χ0n) is 11.8. The van der Waals surface area contributed by atoms with Crippen LogP contribution in [0.5, 0.6) is 0 Å². The Morgan fingerprint density at radius 1 is 1.33 bits per heavy atom. The molecule has 1 N–H and O–H groups in total. The molecule has 0 radical (unpaired) electrons. The number of hydrogen-bond donors (Lipinski definition) is 1. The van der Waals surface area contributed by atoms with Crippen LogP contribution in [0.25, 0.3) is 5.52 Å². The summed E-state index contributed by atoms with van der Waals surface area (Å²) in [4.78, 5) is 14.9. The Bertz CT molecular complexity index is 684. The predicted octanol–water partition coefficient (Wildman–Crippen LogP) is 2.42. The van der Waals surface area contributed by atoms with Gasteiger partial charge in [-0.3, -0.25) is 4.79 Å². The molecule has 0 aromatic carbocycles. The molecule has 2 bridgehead atoms. The summed E-state index contributed by atoms with van der Waals surface area (Å²) in [6.07, 6.45) is 6.11. The van der Waals surface area contributed by atoms with E-state index in [-0.39, 0.29) is 11.9 Å². The molecule has 2 fully saturated rings. The number of nitrogens with one attached hydrogen (secondary N) is 1. The zero-order valence-corrected chi connectivity index (χ0v) is 12.5. The highest BCUT2D eigenvalue weighted by Gasteiger charge is 2.32. The number of fused-ring (bicyclic) bond motifs is 3. The molecule has 21 heavy (non-hydrogen) atoms. The van der Waals surface area contributed by atoms with Crippen LogP contribution in [-0.2, 0) is 0 Å². The normalized spacial score (nSPS) is 28.0. The van der Waals surface area contributed by atoms with Crippen LogP contribution in [0, 0.1) is 5.92 Å². The van der Waals surface area contributed by atoms with E-state index in [0.29, 0.717) is 10.6 Å². The Kier molecular flexibility index (Phi) is 3.16. The van der Waals surface area contributed by atoms with Gasteiger partial charge in [0.2, 0.25) is 0 Å². The minimum Gasteiger partial charge on any atom is -0.348 e. The third kappa shape index (κ3) is 2.54. The van der Waals surface area contributed by atoms with Crippen LogP contribution in [-0.4, -0.2) is 40.9 Å². The highest BCUT2D eigenvalue weighted by Crippen LogP contribution is 2.27. The van der Waals surface area contributed by atoms with Gasteiger partial charge in [-0.1, -0.05) is 11.6 Å². The van der Waals surface area contributed by atoms with E-state index in [1.54, 1.807) is 0 Å². The largest absolute Gasteiger partial charge is 0.348 e. The summed E-state index contributed by atoms with van der Waals surface area (Å²) in [5.74, 6) is 0.776. The number of pyridine rings is 1. The molecule has 0 saturated carbocycles. The summed E-state index contributed by atoms with van der Waals surface area (Å²) in [7, 11) is 0. The summed E-state index contributed by atoms with van der Waals surface area (Å²) in [5, 5.41) is 3.87. The van der Waals surface area contributed by atoms with Crippen molar-refractivity contribution >= 4 is 23.0 Å². The van der Waals surface area contributed by atoms with Gasteiger partial charge in [-0.25, -0.2) is 0 Å². The molecule has 4 rings (SSSR count). The minimum absolute atomic E-state index is 0.0160. The van der Waals surface area contributed by atoms with E-state index < -0.39 is 0 Å². The van der Waals surface area contributed by atoms with E-state index in [2.05, 4.69) is 10.2 Å². The van der Waals surface area contributed by atoms with Crippen molar-refractivity contribution in [3.63, 3.8) is 0 Å². The lowest BCUT2D eigenvalue weighted by molar-refractivity contribution is 0.0909. The van der Waals surface area contributed by atoms with Crippen LogP contribution in [0.1, 0.15) is 23.2 Å². The highest BCUT2D eigenvalue weighted by atomic mass is 35.5. The molecule has 5 heteroatoms. The van der Waals surface area contributed by atoms with Crippen LogP contribution >= 0.6 is 11.6 Å². The Morgan fingerprint density at radius 2 is 2.24 bits per heavy atom. The minimum atomic E-state index is 0.0160. The van der Waals surface area contributed by atoms with Gasteiger partial charge in [-0.2, -0.15) is 0 Å². The maximum absolute atomic E-state index is 12.4. The number of halogens is 1. The average Bonchev–Trinajstić information content (AvgIpc) is 2.99. The molecule has 110 valence electrons. The number of carbonyl (C=O) groups is 1. The summed E-state index contributed by atoms with van der Waals surface area (Å²) >= 11 is 5.98. The van der Waals surface area contributed by atoms with Gasteiger partial charge < -0.3 is 14.6 Å². The topological polar surface area (TPSA) is 36.8 Å². The van der Waals surface area contributed by atoms with Gasteiger partial charge in [0.15, 0.2) is 0 Å². The Morgan fingerprint density at radius 3 is 3.10 bits per heavy atom. The molecular formula is C16H18ClN3O. The first kappa shape index (κ1) is 13.2. The van der Waals surface area contributed by atoms with Gasteiger partial charge in [0.25, 0.3) is 5.91 Å². The molecule has 0 spiro atoms. The quantitative estimate of drug-likeness (QED) is 0.925. The summed E-state index contributed by atoms with van der Waals surface area (Å²) in [6.45, 7) is 3.38. The van der Waals surface area contributed by atoms with E-state index >= 15 is 0 Å². The molecule has 4 nitrogen and oxygen atoms in total. The second-order valence-corrected chi connectivity index (χ2v) is 6.66. The first-order valence-electron chi connectivity index (χ1n) is 7.48. The first-order chi connectivity index (χ1) is 10.2. The Labute approximate surface area is 128 Å². The summed E-state index contributed by atoms with van der Waals surface area (Å²) in [6, 6.07) is 5.88. The van der Waals surface area contributed by atoms with Gasteiger partial charge in [0, 0.05) is 42.6 Å². The van der Waals surface area contributed by atoms with E-state index in [1.807, 2.05) is 35.0 Å². The van der Waals surface area contributed by atoms with Crippen LogP contribution in [0.2, 0.25) is 5.02 Å². The average molecular weight is 304 g/mol. The number of piperidine rings is 1. The fourth-order valence-electron chi connectivity index (χ4n) is 3.65. The maximum Gasteiger partial charge on any atom is 0.251 e. The third-order valence-electron chi connectivity index (χ3n) is 4.63. The maximum atomic E-state index is 12.4. The van der Waals surface area contributed by atoms with Crippen molar-refractivity contribution in [1.82, 2.24) is 14.6 Å². The first-order valence-corrected chi connectivity index (χ1v) is 7.86. The van der Waals surface area contributed by atoms with Gasteiger partial charge in [-0.05, 0) is 43.5 Å². The lowest BCUT2D eigenvalue weighted by Crippen LogP contribution is -2.47. The molecule has 3 atom stereocenters. The van der Waals surface area contributed by atoms with Crippen molar-refractivity contribution in [2.45, 2.75) is 18.9 Å². The number of rotatable bonds is 2. The van der Waals surface area contributed by atoms with Crippen molar-refractivity contribution in [3.8, 4) is 0 Å². The number of amides is 1. The lowest BCUT2D eigenvalue weighted by Gasteiger charge is -2.30. The van der Waals surface area contributed by atoms with E-state index in [9.17, 15) is 4.79 Å². The molecule has 2 aliphatic heterocycles. The monoisotopic (exact) mass is 303 g/mol. The molecule has 2 saturated heterocycles. The fraction of sp³-hybridized carbons (Fsp3) is 0.438. The fourth-order valence-corrected chi connectivity index (χ4v) is 3.86. The van der Waals surface area contributed by atoms with Gasteiger partial charge in [-0.15, -0.1) is 0 Å². The molecule has 2 aliphatic rings. The smallest absolute Gasteiger partial charge is 0.251 e. The third-order valence-corrected chi connectivity index (χ3v) is 4.83. The molecule has 0 aliphatic carbocycles. The number of aromatic nitrogens is 1. The van der Waals surface area contributed by atoms with Crippen LogP contribution in [0.15, 0.2) is 30.6 Å². The van der Waals surface area contributed by atoms with E-state index in [4.69, 9.17) is 11.6 Å².